The second-order valence-electron chi connectivity index (χ2n) is 10.7. The van der Waals surface area contributed by atoms with E-state index >= 15 is 0 Å². The summed E-state index contributed by atoms with van der Waals surface area (Å²) in [5.74, 6) is -1.36. The van der Waals surface area contributed by atoms with Crippen molar-refractivity contribution < 1.29 is 28.6 Å². The molecule has 0 spiro atoms. The number of rotatable bonds is 5. The number of fused-ring (bicyclic) bond motifs is 5. The van der Waals surface area contributed by atoms with Gasteiger partial charge in [0.2, 0.25) is 5.60 Å². The van der Waals surface area contributed by atoms with E-state index in [9.17, 15) is 19.2 Å². The minimum atomic E-state index is -1.72. The van der Waals surface area contributed by atoms with Crippen LogP contribution in [-0.2, 0) is 42.6 Å². The van der Waals surface area contributed by atoms with Gasteiger partial charge in [0.1, 0.15) is 6.61 Å². The van der Waals surface area contributed by atoms with Gasteiger partial charge in [0, 0.05) is 49.6 Å². The number of benzene rings is 1. The van der Waals surface area contributed by atoms with Crippen molar-refractivity contribution in [2.24, 2.45) is 0 Å². The lowest BCUT2D eigenvalue weighted by molar-refractivity contribution is -0.188. The Labute approximate surface area is 234 Å². The first-order chi connectivity index (χ1) is 19.8. The van der Waals surface area contributed by atoms with Crippen LogP contribution in [0.3, 0.4) is 0 Å². The Hall–Kier alpha value is -4.29. The first-order valence-corrected chi connectivity index (χ1v) is 13.8. The van der Waals surface area contributed by atoms with Crippen molar-refractivity contribution >= 4 is 40.2 Å². The monoisotopic (exact) mass is 559 g/mol. The van der Waals surface area contributed by atoms with Gasteiger partial charge in [-0.2, -0.15) is 0 Å². The Balaban J connectivity index is 1.41. The molecule has 4 aliphatic heterocycles. The summed E-state index contributed by atoms with van der Waals surface area (Å²) in [6.45, 7) is 6.94. The average molecular weight is 560 g/mol. The fourth-order valence-corrected chi connectivity index (χ4v) is 6.47. The van der Waals surface area contributed by atoms with Crippen LogP contribution in [-0.4, -0.2) is 71.8 Å². The zero-order valence-corrected chi connectivity index (χ0v) is 22.8. The number of morpholine rings is 1. The van der Waals surface area contributed by atoms with Crippen LogP contribution in [0.4, 0.5) is 16.2 Å². The first kappa shape index (κ1) is 25.7. The molecule has 0 bridgehead atoms. The summed E-state index contributed by atoms with van der Waals surface area (Å²) in [7, 11) is 0. The standard InChI is InChI=1S/C29H29N5O7/c1-3-29(41-16(2)35)19-13-22-24-17(14-34(22)26(36)18(19)15-40-27(29)37)25-23-20(30-24)5-4-6-21(23)31-28(38)33(25)8-7-32-9-11-39-12-10-32/h4-6,13H,3,7-12,14-15H2,1-2H3,(H,31,38)/t29-/m0/s1. The second kappa shape index (κ2) is 9.38. The molecule has 4 aliphatic rings. The highest BCUT2D eigenvalue weighted by Crippen LogP contribution is 2.47. The summed E-state index contributed by atoms with van der Waals surface area (Å²) < 4.78 is 18.0. The van der Waals surface area contributed by atoms with E-state index in [-0.39, 0.29) is 36.7 Å². The Kier molecular flexibility index (Phi) is 5.87. The van der Waals surface area contributed by atoms with Crippen molar-refractivity contribution in [3.63, 3.8) is 0 Å². The molecular weight excluding hydrogens is 530 g/mol. The predicted octanol–water partition coefficient (Wildman–Crippen LogP) is 2.33. The van der Waals surface area contributed by atoms with Crippen LogP contribution in [0.1, 0.15) is 37.0 Å². The number of nitrogens with one attached hydrogen (secondary N) is 1. The van der Waals surface area contributed by atoms with Crippen LogP contribution >= 0.6 is 0 Å². The maximum absolute atomic E-state index is 13.9. The van der Waals surface area contributed by atoms with Gasteiger partial charge in [-0.15, -0.1) is 0 Å². The highest BCUT2D eigenvalue weighted by molar-refractivity contribution is 6.19. The van der Waals surface area contributed by atoms with Gasteiger partial charge in [0.15, 0.2) is 0 Å². The number of hydrogen-bond acceptors (Lipinski definition) is 9. The highest BCUT2D eigenvalue weighted by Gasteiger charge is 2.50. The van der Waals surface area contributed by atoms with Crippen LogP contribution in [0.15, 0.2) is 29.1 Å². The Morgan fingerprint density at radius 2 is 1.95 bits per heavy atom. The average Bonchev–Trinajstić information content (AvgIpc) is 3.33. The van der Waals surface area contributed by atoms with Crippen molar-refractivity contribution in [3.05, 3.63) is 51.3 Å². The summed E-state index contributed by atoms with van der Waals surface area (Å²) >= 11 is 0. The summed E-state index contributed by atoms with van der Waals surface area (Å²) in [5, 5.41) is 3.82. The van der Waals surface area contributed by atoms with E-state index in [0.29, 0.717) is 54.5 Å². The number of nitrogens with zero attached hydrogens (tertiary/aromatic N) is 4. The number of cyclic esters (lactones) is 1. The predicted molar refractivity (Wildman–Crippen MR) is 148 cm³/mol. The number of amides is 2. The number of ether oxygens (including phenoxy) is 3. The topological polar surface area (TPSA) is 132 Å². The van der Waals surface area contributed by atoms with Crippen molar-refractivity contribution in [1.29, 1.82) is 0 Å². The number of urea groups is 1. The molecule has 2 amide bonds. The van der Waals surface area contributed by atoms with E-state index in [1.807, 2.05) is 18.2 Å². The molecule has 2 aromatic heterocycles. The molecule has 12 nitrogen and oxygen atoms in total. The molecule has 12 heteroatoms. The van der Waals surface area contributed by atoms with Gasteiger partial charge in [0.25, 0.3) is 5.56 Å². The molecule has 0 saturated carbocycles. The molecule has 0 unspecified atom stereocenters. The number of carbonyl (C=O) groups excluding carboxylic acids is 3. The van der Waals surface area contributed by atoms with E-state index in [4.69, 9.17) is 19.2 Å². The minimum Gasteiger partial charge on any atom is -0.457 e. The molecule has 41 heavy (non-hydrogen) atoms. The normalized spacial score (nSPS) is 21.2. The molecular formula is C29H29N5O7. The lowest BCUT2D eigenvalue weighted by Gasteiger charge is -2.35. The minimum absolute atomic E-state index is 0.101. The van der Waals surface area contributed by atoms with E-state index < -0.39 is 17.5 Å². The summed E-state index contributed by atoms with van der Waals surface area (Å²) in [6, 6.07) is 7.05. The van der Waals surface area contributed by atoms with Crippen molar-refractivity contribution in [1.82, 2.24) is 14.5 Å². The fraction of sp³-hybridized carbons (Fsp3) is 0.414. The third-order valence-electron chi connectivity index (χ3n) is 8.47. The summed E-state index contributed by atoms with van der Waals surface area (Å²) in [4.78, 5) is 61.4. The quantitative estimate of drug-likeness (QED) is 0.366. The number of esters is 2. The summed E-state index contributed by atoms with van der Waals surface area (Å²) in [5.41, 5.74) is 2.41. The lowest BCUT2D eigenvalue weighted by atomic mass is 9.85. The van der Waals surface area contributed by atoms with Crippen LogP contribution in [0.5, 0.6) is 0 Å². The third-order valence-corrected chi connectivity index (χ3v) is 8.47. The molecule has 7 rings (SSSR count). The van der Waals surface area contributed by atoms with E-state index in [1.165, 1.54) is 6.92 Å². The molecule has 3 aromatic rings. The van der Waals surface area contributed by atoms with Gasteiger partial charge in [-0.25, -0.2) is 14.6 Å². The van der Waals surface area contributed by atoms with Gasteiger partial charge in [-0.1, -0.05) is 13.0 Å². The number of pyridine rings is 2. The first-order valence-electron chi connectivity index (χ1n) is 13.8. The molecule has 1 N–H and O–H groups in total. The summed E-state index contributed by atoms with van der Waals surface area (Å²) in [6.07, 6.45) is 0.101. The molecule has 0 radical (unpaired) electrons. The molecule has 212 valence electrons. The molecule has 1 fully saturated rings. The SMILES string of the molecule is CC[C@@]1(OC(C)=O)C(=O)OCc2c1cc1n(c2=O)Cc2c-1nc1cccc3c1c2N(CCN1CCOCC1)C(=O)N3. The fourth-order valence-electron chi connectivity index (χ4n) is 6.47. The van der Waals surface area contributed by atoms with E-state index in [1.54, 1.807) is 22.5 Å². The van der Waals surface area contributed by atoms with Crippen molar-refractivity contribution in [3.8, 4) is 11.4 Å². The zero-order chi connectivity index (χ0) is 28.5. The van der Waals surface area contributed by atoms with Crippen molar-refractivity contribution in [2.75, 3.05) is 49.6 Å². The van der Waals surface area contributed by atoms with Gasteiger partial charge in [-0.05, 0) is 24.6 Å². The molecule has 1 saturated heterocycles. The van der Waals surface area contributed by atoms with Crippen LogP contribution in [0.2, 0.25) is 0 Å². The van der Waals surface area contributed by atoms with Crippen LogP contribution in [0, 0.1) is 0 Å². The molecule has 6 heterocycles. The van der Waals surface area contributed by atoms with Gasteiger partial charge < -0.3 is 24.1 Å². The van der Waals surface area contributed by atoms with E-state index in [0.717, 1.165) is 29.7 Å². The second-order valence-corrected chi connectivity index (χ2v) is 10.7. The highest BCUT2D eigenvalue weighted by atomic mass is 16.6. The molecule has 1 atom stereocenters. The Morgan fingerprint density at radius 3 is 2.71 bits per heavy atom. The van der Waals surface area contributed by atoms with Crippen LogP contribution < -0.4 is 15.8 Å². The number of anilines is 2. The van der Waals surface area contributed by atoms with Gasteiger partial charge in [0.05, 0.1) is 53.6 Å². The smallest absolute Gasteiger partial charge is 0.355 e. The Bertz CT molecular complexity index is 1710. The lowest BCUT2D eigenvalue weighted by Crippen LogP contribution is -2.47. The third kappa shape index (κ3) is 3.77. The largest absolute Gasteiger partial charge is 0.457 e. The van der Waals surface area contributed by atoms with E-state index in [2.05, 4.69) is 10.2 Å². The number of carbonyl (C=O) groups is 3. The van der Waals surface area contributed by atoms with Gasteiger partial charge in [-0.3, -0.25) is 19.4 Å². The maximum Gasteiger partial charge on any atom is 0.355 e. The Morgan fingerprint density at radius 1 is 1.15 bits per heavy atom. The van der Waals surface area contributed by atoms with Gasteiger partial charge >= 0.3 is 18.0 Å². The zero-order valence-electron chi connectivity index (χ0n) is 22.8. The maximum atomic E-state index is 13.9. The number of aromatic nitrogens is 2. The number of hydrogen-bond donors (Lipinski definition) is 1. The van der Waals surface area contributed by atoms with Crippen molar-refractivity contribution in [2.45, 2.75) is 39.0 Å². The molecule has 1 aromatic carbocycles. The molecule has 0 aliphatic carbocycles. The van der Waals surface area contributed by atoms with Crippen LogP contribution in [0.25, 0.3) is 22.3 Å².